The Balaban J connectivity index is 1.96. The van der Waals surface area contributed by atoms with Gasteiger partial charge >= 0.3 is 0 Å². The maximum atomic E-state index is 9.90. The van der Waals surface area contributed by atoms with Gasteiger partial charge in [0.15, 0.2) is 0 Å². The molecule has 1 aromatic rings. The average Bonchev–Trinajstić information content (AvgIpc) is 2.82. The van der Waals surface area contributed by atoms with E-state index in [1.165, 1.54) is 17.5 Å². The van der Waals surface area contributed by atoms with Gasteiger partial charge in [0.2, 0.25) is 0 Å². The lowest BCUT2D eigenvalue weighted by atomic mass is 10.0. The first-order valence-electron chi connectivity index (χ1n) is 5.40. The first kappa shape index (κ1) is 9.72. The Morgan fingerprint density at radius 2 is 2.21 bits per heavy atom. The van der Waals surface area contributed by atoms with Gasteiger partial charge in [0.1, 0.15) is 0 Å². The molecule has 1 aliphatic rings. The van der Waals surface area contributed by atoms with Gasteiger partial charge in [-0.05, 0) is 37.2 Å². The Morgan fingerprint density at radius 3 is 2.79 bits per heavy atom. The fourth-order valence-electron chi connectivity index (χ4n) is 2.12. The molecule has 14 heavy (non-hydrogen) atoms. The van der Waals surface area contributed by atoms with Crippen LogP contribution < -0.4 is 0 Å². The molecule has 0 aromatic heterocycles. The van der Waals surface area contributed by atoms with Crippen molar-refractivity contribution in [3.05, 3.63) is 35.4 Å². The fourth-order valence-corrected chi connectivity index (χ4v) is 2.12. The van der Waals surface area contributed by atoms with Crippen LogP contribution in [0.15, 0.2) is 24.3 Å². The maximum Gasteiger partial charge on any atom is 0.0611 e. The van der Waals surface area contributed by atoms with Crippen LogP contribution in [0.2, 0.25) is 0 Å². The van der Waals surface area contributed by atoms with Gasteiger partial charge in [0.25, 0.3) is 0 Å². The van der Waals surface area contributed by atoms with Gasteiger partial charge in [0.05, 0.1) is 6.10 Å². The number of rotatable bonds is 3. The molecule has 3 atom stereocenters. The van der Waals surface area contributed by atoms with Crippen LogP contribution in [0.5, 0.6) is 0 Å². The van der Waals surface area contributed by atoms with Crippen molar-refractivity contribution >= 4 is 0 Å². The van der Waals surface area contributed by atoms with Crippen molar-refractivity contribution in [2.24, 2.45) is 11.8 Å². The lowest BCUT2D eigenvalue weighted by molar-refractivity contribution is 0.146. The molecule has 1 N–H and O–H groups in total. The standard InChI is InChI=1S/C13H18O/c1-9-4-3-5-11(6-9)8-13(14)12-7-10(12)2/h3-6,10,12-14H,7-8H2,1-2H3. The zero-order chi connectivity index (χ0) is 10.1. The van der Waals surface area contributed by atoms with Crippen molar-refractivity contribution in [2.45, 2.75) is 32.8 Å². The lowest BCUT2D eigenvalue weighted by Gasteiger charge is -2.09. The van der Waals surface area contributed by atoms with Gasteiger partial charge in [-0.1, -0.05) is 36.8 Å². The fraction of sp³-hybridized carbons (Fsp3) is 0.538. The predicted octanol–water partition coefficient (Wildman–Crippen LogP) is 2.55. The second kappa shape index (κ2) is 3.74. The third kappa shape index (κ3) is 2.16. The van der Waals surface area contributed by atoms with E-state index in [-0.39, 0.29) is 6.10 Å². The highest BCUT2D eigenvalue weighted by Crippen LogP contribution is 2.41. The Morgan fingerprint density at radius 1 is 1.50 bits per heavy atom. The second-order valence-corrected chi connectivity index (χ2v) is 4.64. The van der Waals surface area contributed by atoms with Crippen molar-refractivity contribution in [2.75, 3.05) is 0 Å². The van der Waals surface area contributed by atoms with Crippen LogP contribution in [-0.2, 0) is 6.42 Å². The molecule has 1 saturated carbocycles. The van der Waals surface area contributed by atoms with E-state index in [2.05, 4.69) is 38.1 Å². The highest BCUT2D eigenvalue weighted by Gasteiger charge is 2.38. The second-order valence-electron chi connectivity index (χ2n) is 4.64. The van der Waals surface area contributed by atoms with E-state index in [1.807, 2.05) is 0 Å². The normalized spacial score (nSPS) is 27.4. The number of hydrogen-bond donors (Lipinski definition) is 1. The van der Waals surface area contributed by atoms with Crippen LogP contribution in [0, 0.1) is 18.8 Å². The summed E-state index contributed by atoms with van der Waals surface area (Å²) in [6.07, 6.45) is 1.88. The van der Waals surface area contributed by atoms with Gasteiger partial charge in [-0.15, -0.1) is 0 Å². The minimum Gasteiger partial charge on any atom is -0.392 e. The van der Waals surface area contributed by atoms with Crippen molar-refractivity contribution in [1.29, 1.82) is 0 Å². The lowest BCUT2D eigenvalue weighted by Crippen LogP contribution is -2.13. The van der Waals surface area contributed by atoms with Crippen LogP contribution in [-0.4, -0.2) is 11.2 Å². The van der Waals surface area contributed by atoms with Gasteiger partial charge in [0, 0.05) is 0 Å². The molecule has 0 heterocycles. The molecule has 1 aromatic carbocycles. The van der Waals surface area contributed by atoms with E-state index >= 15 is 0 Å². The number of aliphatic hydroxyl groups is 1. The molecule has 3 unspecified atom stereocenters. The number of hydrogen-bond acceptors (Lipinski definition) is 1. The van der Waals surface area contributed by atoms with E-state index in [0.29, 0.717) is 5.92 Å². The number of aliphatic hydroxyl groups excluding tert-OH is 1. The van der Waals surface area contributed by atoms with Gasteiger partial charge < -0.3 is 5.11 Å². The Hall–Kier alpha value is -0.820. The maximum absolute atomic E-state index is 9.90. The van der Waals surface area contributed by atoms with Crippen LogP contribution >= 0.6 is 0 Å². The summed E-state index contributed by atoms with van der Waals surface area (Å²) >= 11 is 0. The summed E-state index contributed by atoms with van der Waals surface area (Å²) in [6.45, 7) is 4.31. The molecule has 2 rings (SSSR count). The molecular weight excluding hydrogens is 172 g/mol. The van der Waals surface area contributed by atoms with Gasteiger partial charge in [-0.25, -0.2) is 0 Å². The van der Waals surface area contributed by atoms with Gasteiger partial charge in [-0.3, -0.25) is 0 Å². The molecular formula is C13H18O. The highest BCUT2D eigenvalue weighted by molar-refractivity contribution is 5.23. The molecule has 1 heteroatoms. The molecule has 0 aliphatic heterocycles. The van der Waals surface area contributed by atoms with E-state index < -0.39 is 0 Å². The van der Waals surface area contributed by atoms with Crippen LogP contribution in [0.1, 0.15) is 24.5 Å². The number of aryl methyl sites for hydroxylation is 1. The molecule has 1 nitrogen and oxygen atoms in total. The van der Waals surface area contributed by atoms with E-state index in [0.717, 1.165) is 12.3 Å². The zero-order valence-corrected chi connectivity index (χ0v) is 8.90. The minimum atomic E-state index is -0.133. The highest BCUT2D eigenvalue weighted by atomic mass is 16.3. The number of benzene rings is 1. The third-order valence-electron chi connectivity index (χ3n) is 3.19. The quantitative estimate of drug-likeness (QED) is 0.776. The monoisotopic (exact) mass is 190 g/mol. The minimum absolute atomic E-state index is 0.133. The molecule has 76 valence electrons. The van der Waals surface area contributed by atoms with E-state index in [1.54, 1.807) is 0 Å². The summed E-state index contributed by atoms with van der Waals surface area (Å²) in [6, 6.07) is 8.42. The summed E-state index contributed by atoms with van der Waals surface area (Å²) in [5.74, 6) is 1.28. The van der Waals surface area contributed by atoms with E-state index in [4.69, 9.17) is 0 Å². The van der Waals surface area contributed by atoms with Crippen molar-refractivity contribution in [3.8, 4) is 0 Å². The third-order valence-corrected chi connectivity index (χ3v) is 3.19. The first-order valence-corrected chi connectivity index (χ1v) is 5.40. The first-order chi connectivity index (χ1) is 6.66. The molecule has 1 aliphatic carbocycles. The Labute approximate surface area is 85.8 Å². The van der Waals surface area contributed by atoms with Crippen molar-refractivity contribution in [3.63, 3.8) is 0 Å². The van der Waals surface area contributed by atoms with Gasteiger partial charge in [-0.2, -0.15) is 0 Å². The molecule has 0 saturated heterocycles. The molecule has 0 spiro atoms. The average molecular weight is 190 g/mol. The molecule has 1 fully saturated rings. The van der Waals surface area contributed by atoms with Crippen LogP contribution in [0.3, 0.4) is 0 Å². The summed E-state index contributed by atoms with van der Waals surface area (Å²) in [7, 11) is 0. The Bertz CT molecular complexity index is 319. The summed E-state index contributed by atoms with van der Waals surface area (Å²) < 4.78 is 0. The van der Waals surface area contributed by atoms with E-state index in [9.17, 15) is 5.11 Å². The zero-order valence-electron chi connectivity index (χ0n) is 8.90. The predicted molar refractivity (Wildman–Crippen MR) is 58.2 cm³/mol. The van der Waals surface area contributed by atoms with Crippen LogP contribution in [0.4, 0.5) is 0 Å². The smallest absolute Gasteiger partial charge is 0.0611 e. The van der Waals surface area contributed by atoms with Crippen LogP contribution in [0.25, 0.3) is 0 Å². The van der Waals surface area contributed by atoms with Crippen molar-refractivity contribution in [1.82, 2.24) is 0 Å². The largest absolute Gasteiger partial charge is 0.392 e. The molecule has 0 amide bonds. The van der Waals surface area contributed by atoms with Crippen molar-refractivity contribution < 1.29 is 5.11 Å². The SMILES string of the molecule is Cc1cccc(CC(O)C2CC2C)c1. The molecule has 0 bridgehead atoms. The molecule has 0 radical (unpaired) electrons. The Kier molecular flexibility index (Phi) is 2.60. The summed E-state index contributed by atoms with van der Waals surface area (Å²) in [4.78, 5) is 0. The topological polar surface area (TPSA) is 20.2 Å². The summed E-state index contributed by atoms with van der Waals surface area (Å²) in [5, 5.41) is 9.90. The summed E-state index contributed by atoms with van der Waals surface area (Å²) in [5.41, 5.74) is 2.54.